The van der Waals surface area contributed by atoms with Gasteiger partial charge in [0.15, 0.2) is 0 Å². The number of halogens is 1. The highest BCUT2D eigenvalue weighted by molar-refractivity contribution is 8.03. The van der Waals surface area contributed by atoms with Gasteiger partial charge in [0.2, 0.25) is 5.91 Å². The summed E-state index contributed by atoms with van der Waals surface area (Å²) in [5.74, 6) is -0.531. The predicted octanol–water partition coefficient (Wildman–Crippen LogP) is 8.93. The van der Waals surface area contributed by atoms with Crippen molar-refractivity contribution in [2.24, 2.45) is 0 Å². The second-order valence-corrected chi connectivity index (χ2v) is 12.7. The van der Waals surface area contributed by atoms with E-state index in [1.165, 1.54) is 11.8 Å². The molecule has 2 heterocycles. The van der Waals surface area contributed by atoms with Crippen LogP contribution in [-0.2, 0) is 4.79 Å². The van der Waals surface area contributed by atoms with E-state index in [1.54, 1.807) is 11.3 Å². The van der Waals surface area contributed by atoms with E-state index in [9.17, 15) is 10.1 Å². The van der Waals surface area contributed by atoms with E-state index in [0.717, 1.165) is 54.4 Å². The van der Waals surface area contributed by atoms with Crippen molar-refractivity contribution < 1.29 is 4.79 Å². The lowest BCUT2D eigenvalue weighted by molar-refractivity contribution is -0.113. The minimum absolute atomic E-state index is 0.120. The fraction of sp³-hybridized carbons (Fsp3) is 0.114. The molecule has 4 aromatic carbocycles. The molecule has 1 aliphatic heterocycles. The number of thiazole rings is 1. The number of rotatable bonds is 7. The van der Waals surface area contributed by atoms with E-state index in [-0.39, 0.29) is 11.7 Å². The van der Waals surface area contributed by atoms with Gasteiger partial charge in [0.25, 0.3) is 0 Å². The van der Waals surface area contributed by atoms with Gasteiger partial charge in [-0.25, -0.2) is 4.98 Å². The smallest absolute Gasteiger partial charge is 0.234 e. The van der Waals surface area contributed by atoms with Crippen LogP contribution in [0, 0.1) is 25.2 Å². The molecule has 5 aromatic rings. The molecular weight excluding hydrogens is 592 g/mol. The van der Waals surface area contributed by atoms with Crippen LogP contribution in [0.25, 0.3) is 21.5 Å². The van der Waals surface area contributed by atoms with Gasteiger partial charge in [0.05, 0.1) is 44.3 Å². The fourth-order valence-corrected chi connectivity index (χ4v) is 7.29. The van der Waals surface area contributed by atoms with Crippen molar-refractivity contribution in [1.29, 1.82) is 5.26 Å². The highest BCUT2D eigenvalue weighted by Gasteiger charge is 2.36. The third-order valence-electron chi connectivity index (χ3n) is 7.27. The highest BCUT2D eigenvalue weighted by Crippen LogP contribution is 2.50. The SMILES string of the molecule is Cc1ccc(C)c(NC(=O)CSC2=C(C#N)[C@H](c3ccccc3Cl)C(c3nc4ccccc4s3)=C(c3ccccc3)N2)c1. The van der Waals surface area contributed by atoms with Crippen LogP contribution in [0.2, 0.25) is 5.02 Å². The number of dihydropyridines is 1. The average Bonchev–Trinajstić information content (AvgIpc) is 3.46. The first kappa shape index (κ1) is 28.8. The second-order valence-electron chi connectivity index (χ2n) is 10.2. The predicted molar refractivity (Wildman–Crippen MR) is 180 cm³/mol. The summed E-state index contributed by atoms with van der Waals surface area (Å²) in [6, 6.07) is 34.1. The van der Waals surface area contributed by atoms with E-state index >= 15 is 0 Å². The van der Waals surface area contributed by atoms with Gasteiger partial charge in [-0.15, -0.1) is 11.3 Å². The van der Waals surface area contributed by atoms with Crippen molar-refractivity contribution in [3.63, 3.8) is 0 Å². The first-order chi connectivity index (χ1) is 20.9. The quantitative estimate of drug-likeness (QED) is 0.190. The monoisotopic (exact) mass is 618 g/mol. The number of carbonyl (C=O) groups excluding carboxylic acids is 1. The van der Waals surface area contributed by atoms with Gasteiger partial charge in [0, 0.05) is 16.3 Å². The minimum Gasteiger partial charge on any atom is -0.349 e. The maximum atomic E-state index is 13.1. The maximum absolute atomic E-state index is 13.1. The second kappa shape index (κ2) is 12.5. The van der Waals surface area contributed by atoms with Crippen LogP contribution in [-0.4, -0.2) is 16.6 Å². The van der Waals surface area contributed by atoms with E-state index < -0.39 is 5.92 Å². The van der Waals surface area contributed by atoms with E-state index in [1.807, 2.05) is 105 Å². The summed E-state index contributed by atoms with van der Waals surface area (Å²) in [6.45, 7) is 3.96. The number of hydrogen-bond donors (Lipinski definition) is 2. The summed E-state index contributed by atoms with van der Waals surface area (Å²) in [5, 5.41) is 19.3. The van der Waals surface area contributed by atoms with Crippen LogP contribution in [0.5, 0.6) is 0 Å². The number of fused-ring (bicyclic) bond motifs is 1. The molecule has 0 fully saturated rings. The van der Waals surface area contributed by atoms with Gasteiger partial charge >= 0.3 is 0 Å². The number of anilines is 1. The number of allylic oxidation sites excluding steroid dienone is 2. The molecule has 43 heavy (non-hydrogen) atoms. The lowest BCUT2D eigenvalue weighted by Crippen LogP contribution is -2.25. The maximum Gasteiger partial charge on any atom is 0.234 e. The first-order valence-electron chi connectivity index (χ1n) is 13.7. The number of nitrogens with one attached hydrogen (secondary N) is 2. The number of aromatic nitrogens is 1. The summed E-state index contributed by atoms with van der Waals surface area (Å²) < 4.78 is 1.06. The minimum atomic E-state index is -0.500. The summed E-state index contributed by atoms with van der Waals surface area (Å²) in [4.78, 5) is 18.2. The molecule has 1 amide bonds. The number of aryl methyl sites for hydroxylation is 2. The zero-order chi connectivity index (χ0) is 29.9. The molecule has 0 bridgehead atoms. The lowest BCUT2D eigenvalue weighted by atomic mass is 9.81. The molecule has 212 valence electrons. The molecule has 0 saturated carbocycles. The van der Waals surface area contributed by atoms with E-state index in [0.29, 0.717) is 15.6 Å². The van der Waals surface area contributed by atoms with E-state index in [2.05, 4.69) is 22.8 Å². The molecule has 1 aromatic heterocycles. The van der Waals surface area contributed by atoms with Crippen LogP contribution >= 0.6 is 34.7 Å². The highest BCUT2D eigenvalue weighted by atomic mass is 35.5. The molecule has 5 nitrogen and oxygen atoms in total. The Labute approximate surface area is 263 Å². The topological polar surface area (TPSA) is 77.8 Å². The Morgan fingerprint density at radius 1 is 1.02 bits per heavy atom. The van der Waals surface area contributed by atoms with E-state index in [4.69, 9.17) is 16.6 Å². The number of amides is 1. The summed E-state index contributed by atoms with van der Waals surface area (Å²) in [5.41, 5.74) is 7.70. The zero-order valence-corrected chi connectivity index (χ0v) is 25.9. The van der Waals surface area contributed by atoms with Crippen molar-refractivity contribution in [1.82, 2.24) is 10.3 Å². The molecule has 1 aliphatic rings. The number of hydrogen-bond acceptors (Lipinski definition) is 6. The molecule has 6 rings (SSSR count). The van der Waals surface area contributed by atoms with Crippen LogP contribution in [0.3, 0.4) is 0 Å². The van der Waals surface area contributed by atoms with Crippen molar-refractivity contribution in [3.05, 3.63) is 140 Å². The number of carbonyl (C=O) groups is 1. The third-order valence-corrected chi connectivity index (χ3v) is 9.70. The summed E-state index contributed by atoms with van der Waals surface area (Å²) in [7, 11) is 0. The van der Waals surface area contributed by atoms with Crippen LogP contribution in [0.4, 0.5) is 5.69 Å². The molecule has 1 atom stereocenters. The third kappa shape index (κ3) is 5.95. The molecule has 0 unspecified atom stereocenters. The lowest BCUT2D eigenvalue weighted by Gasteiger charge is -2.31. The molecule has 0 radical (unpaired) electrons. The Balaban J connectivity index is 1.47. The standard InChI is InChI=1S/C35H27ClN4OS2/c1-21-16-17-22(2)28(18-21)38-30(41)20-42-34-25(19-37)31(24-12-6-7-13-26(24)36)32(33(40-34)23-10-4-3-5-11-23)35-39-27-14-8-9-15-29(27)43-35/h3-18,31,40H,20H2,1-2H3,(H,38,41)/t31-/m0/s1. The van der Waals surface area contributed by atoms with Gasteiger partial charge in [-0.1, -0.05) is 96.2 Å². The van der Waals surface area contributed by atoms with Crippen molar-refractivity contribution in [2.45, 2.75) is 19.8 Å². The number of thioether (sulfide) groups is 1. The molecular formula is C35H27ClN4OS2. The number of nitrogens with zero attached hydrogens (tertiary/aromatic N) is 2. The van der Waals surface area contributed by atoms with Crippen LogP contribution < -0.4 is 10.6 Å². The Bertz CT molecular complexity index is 1920. The van der Waals surface area contributed by atoms with Gasteiger partial charge < -0.3 is 10.6 Å². The summed E-state index contributed by atoms with van der Waals surface area (Å²) >= 11 is 9.73. The van der Waals surface area contributed by atoms with Crippen molar-refractivity contribution in [3.8, 4) is 6.07 Å². The van der Waals surface area contributed by atoms with Crippen molar-refractivity contribution in [2.75, 3.05) is 11.1 Å². The Hall–Kier alpha value is -4.35. The Morgan fingerprint density at radius 3 is 2.53 bits per heavy atom. The number of benzene rings is 4. The van der Waals surface area contributed by atoms with Gasteiger partial charge in [-0.2, -0.15) is 5.26 Å². The molecule has 0 saturated heterocycles. The fourth-order valence-electron chi connectivity index (χ4n) is 5.16. The molecule has 2 N–H and O–H groups in total. The largest absolute Gasteiger partial charge is 0.349 e. The first-order valence-corrected chi connectivity index (χ1v) is 15.9. The van der Waals surface area contributed by atoms with Gasteiger partial charge in [-0.3, -0.25) is 4.79 Å². The van der Waals surface area contributed by atoms with Crippen LogP contribution in [0.1, 0.15) is 33.2 Å². The van der Waals surface area contributed by atoms with Crippen molar-refractivity contribution >= 4 is 67.8 Å². The average molecular weight is 619 g/mol. The zero-order valence-electron chi connectivity index (χ0n) is 23.5. The molecule has 0 spiro atoms. The van der Waals surface area contributed by atoms with Gasteiger partial charge in [-0.05, 0) is 60.4 Å². The van der Waals surface area contributed by atoms with Crippen LogP contribution in [0.15, 0.2) is 108 Å². The Kier molecular flexibility index (Phi) is 8.35. The van der Waals surface area contributed by atoms with Gasteiger partial charge in [0.1, 0.15) is 5.01 Å². The molecule has 8 heteroatoms. The molecule has 0 aliphatic carbocycles. The summed E-state index contributed by atoms with van der Waals surface area (Å²) in [6.07, 6.45) is 0. The number of para-hydroxylation sites is 1. The number of nitriles is 1. The normalized spacial score (nSPS) is 14.9. The Morgan fingerprint density at radius 2 is 1.77 bits per heavy atom.